The average Bonchev–Trinajstić information content (AvgIpc) is 2.26. The lowest BCUT2D eigenvalue weighted by Gasteiger charge is -2.08. The van der Waals surface area contributed by atoms with Crippen molar-refractivity contribution < 1.29 is 17.9 Å². The van der Waals surface area contributed by atoms with Crippen molar-refractivity contribution in [1.29, 1.82) is 0 Å². The summed E-state index contributed by atoms with van der Waals surface area (Å²) in [4.78, 5) is 11.7. The van der Waals surface area contributed by atoms with E-state index in [4.69, 9.17) is 10.5 Å². The van der Waals surface area contributed by atoms with Crippen molar-refractivity contribution in [3.8, 4) is 0 Å². The molecule has 1 rings (SSSR count). The standard InChI is InChI=1S/C12H17NO4S/c1-9-5-3-6-10(11(9)13)12(14)17-7-4-8-18(2,15)16/h3,5-6H,4,7-8,13H2,1-2H3. The Morgan fingerprint density at radius 1 is 1.39 bits per heavy atom. The number of carbonyl (C=O) groups excluding carboxylic acids is 1. The van der Waals surface area contributed by atoms with Crippen LogP contribution < -0.4 is 5.73 Å². The van der Waals surface area contributed by atoms with Gasteiger partial charge < -0.3 is 10.5 Å². The molecule has 0 radical (unpaired) electrons. The molecule has 0 aliphatic rings. The van der Waals surface area contributed by atoms with Crippen LogP contribution in [0.3, 0.4) is 0 Å². The molecule has 1 aromatic carbocycles. The van der Waals surface area contributed by atoms with Gasteiger partial charge in [-0.1, -0.05) is 12.1 Å². The normalized spacial score (nSPS) is 11.2. The molecule has 0 saturated carbocycles. The third-order valence-corrected chi connectivity index (χ3v) is 3.47. The van der Waals surface area contributed by atoms with Crippen molar-refractivity contribution in [3.05, 3.63) is 29.3 Å². The number of aryl methyl sites for hydroxylation is 1. The highest BCUT2D eigenvalue weighted by molar-refractivity contribution is 7.90. The van der Waals surface area contributed by atoms with E-state index in [2.05, 4.69) is 0 Å². The lowest BCUT2D eigenvalue weighted by molar-refractivity contribution is 0.0507. The summed E-state index contributed by atoms with van der Waals surface area (Å²) in [6.45, 7) is 1.87. The molecule has 0 aromatic heterocycles. The molecule has 0 spiro atoms. The van der Waals surface area contributed by atoms with Gasteiger partial charge in [-0.2, -0.15) is 0 Å². The van der Waals surface area contributed by atoms with Crippen LogP contribution in [-0.2, 0) is 14.6 Å². The van der Waals surface area contributed by atoms with Gasteiger partial charge in [0.15, 0.2) is 0 Å². The summed E-state index contributed by atoms with van der Waals surface area (Å²) in [5.41, 5.74) is 7.27. The first-order valence-corrected chi connectivity index (χ1v) is 7.57. The summed E-state index contributed by atoms with van der Waals surface area (Å²) in [5.74, 6) is -0.520. The number of anilines is 1. The van der Waals surface area contributed by atoms with E-state index in [0.29, 0.717) is 11.3 Å². The summed E-state index contributed by atoms with van der Waals surface area (Å²) in [7, 11) is -3.02. The molecule has 0 aliphatic carbocycles. The molecular weight excluding hydrogens is 254 g/mol. The second-order valence-corrected chi connectivity index (χ2v) is 6.42. The Morgan fingerprint density at radius 2 is 2.06 bits per heavy atom. The minimum absolute atomic E-state index is 0.00355. The number of nitrogens with two attached hydrogens (primary N) is 1. The smallest absolute Gasteiger partial charge is 0.340 e. The van der Waals surface area contributed by atoms with Crippen molar-refractivity contribution in [2.45, 2.75) is 13.3 Å². The Kier molecular flexibility index (Phi) is 4.72. The van der Waals surface area contributed by atoms with Crippen LogP contribution in [0.4, 0.5) is 5.69 Å². The molecule has 100 valence electrons. The Labute approximate surface area is 107 Å². The topological polar surface area (TPSA) is 86.5 Å². The van der Waals surface area contributed by atoms with E-state index in [1.165, 1.54) is 0 Å². The van der Waals surface area contributed by atoms with Crippen LogP contribution in [0.2, 0.25) is 0 Å². The van der Waals surface area contributed by atoms with E-state index >= 15 is 0 Å². The fraction of sp³-hybridized carbons (Fsp3) is 0.417. The van der Waals surface area contributed by atoms with E-state index in [0.717, 1.165) is 11.8 Å². The highest BCUT2D eigenvalue weighted by Gasteiger charge is 2.12. The number of ether oxygens (including phenoxy) is 1. The predicted molar refractivity (Wildman–Crippen MR) is 70.2 cm³/mol. The minimum Gasteiger partial charge on any atom is -0.462 e. The van der Waals surface area contributed by atoms with E-state index in [1.807, 2.05) is 0 Å². The number of hydrogen-bond acceptors (Lipinski definition) is 5. The van der Waals surface area contributed by atoms with Gasteiger partial charge in [-0.15, -0.1) is 0 Å². The number of benzene rings is 1. The number of nitrogen functional groups attached to an aromatic ring is 1. The van der Waals surface area contributed by atoms with Gasteiger partial charge in [0.05, 0.1) is 17.9 Å². The van der Waals surface area contributed by atoms with Crippen LogP contribution in [0.15, 0.2) is 18.2 Å². The van der Waals surface area contributed by atoms with Gasteiger partial charge in [-0.25, -0.2) is 13.2 Å². The summed E-state index contributed by atoms with van der Waals surface area (Å²) < 4.78 is 26.7. The monoisotopic (exact) mass is 271 g/mol. The minimum atomic E-state index is -3.02. The van der Waals surface area contributed by atoms with Gasteiger partial charge in [-0.3, -0.25) is 0 Å². The second-order valence-electron chi connectivity index (χ2n) is 4.16. The van der Waals surface area contributed by atoms with Crippen molar-refractivity contribution in [3.63, 3.8) is 0 Å². The summed E-state index contributed by atoms with van der Waals surface area (Å²) in [5, 5.41) is 0. The van der Waals surface area contributed by atoms with Gasteiger partial charge in [0.1, 0.15) is 9.84 Å². The number of rotatable bonds is 5. The van der Waals surface area contributed by atoms with Gasteiger partial charge in [0, 0.05) is 11.9 Å². The zero-order valence-corrected chi connectivity index (χ0v) is 11.3. The van der Waals surface area contributed by atoms with E-state index in [9.17, 15) is 13.2 Å². The molecule has 0 aliphatic heterocycles. The first kappa shape index (κ1) is 14.5. The van der Waals surface area contributed by atoms with Gasteiger partial charge in [-0.05, 0) is 25.0 Å². The second kappa shape index (κ2) is 5.86. The van der Waals surface area contributed by atoms with Gasteiger partial charge in [0.2, 0.25) is 0 Å². The molecule has 0 unspecified atom stereocenters. The van der Waals surface area contributed by atoms with Crippen molar-refractivity contribution >= 4 is 21.5 Å². The van der Waals surface area contributed by atoms with Crippen LogP contribution in [0.25, 0.3) is 0 Å². The van der Waals surface area contributed by atoms with Crippen LogP contribution in [0.5, 0.6) is 0 Å². The molecule has 0 fully saturated rings. The molecule has 5 nitrogen and oxygen atoms in total. The number of sulfone groups is 1. The van der Waals surface area contributed by atoms with Gasteiger partial charge in [0.25, 0.3) is 0 Å². The zero-order chi connectivity index (χ0) is 13.8. The average molecular weight is 271 g/mol. The molecule has 0 saturated heterocycles. The van der Waals surface area contributed by atoms with Crippen LogP contribution in [0.1, 0.15) is 22.3 Å². The summed E-state index contributed by atoms with van der Waals surface area (Å²) >= 11 is 0. The maximum absolute atomic E-state index is 11.7. The fourth-order valence-corrected chi connectivity index (χ4v) is 2.06. The Balaban J connectivity index is 2.54. The largest absolute Gasteiger partial charge is 0.462 e. The molecule has 0 amide bonds. The molecule has 0 atom stereocenters. The molecule has 1 aromatic rings. The fourth-order valence-electron chi connectivity index (χ4n) is 1.42. The van der Waals surface area contributed by atoms with Crippen LogP contribution in [-0.4, -0.2) is 33.0 Å². The first-order chi connectivity index (χ1) is 8.31. The molecular formula is C12H17NO4S. The van der Waals surface area contributed by atoms with E-state index in [1.54, 1.807) is 25.1 Å². The third kappa shape index (κ3) is 4.37. The quantitative estimate of drug-likeness (QED) is 0.493. The van der Waals surface area contributed by atoms with Crippen molar-refractivity contribution in [2.24, 2.45) is 0 Å². The SMILES string of the molecule is Cc1cccc(C(=O)OCCCS(C)(=O)=O)c1N. The lowest BCUT2D eigenvalue weighted by atomic mass is 10.1. The molecule has 18 heavy (non-hydrogen) atoms. The molecule has 0 bridgehead atoms. The Bertz CT molecular complexity index is 537. The number of carbonyl (C=O) groups is 1. The summed E-state index contributed by atoms with van der Waals surface area (Å²) in [6.07, 6.45) is 1.43. The number of esters is 1. The highest BCUT2D eigenvalue weighted by atomic mass is 32.2. The van der Waals surface area contributed by atoms with Crippen LogP contribution >= 0.6 is 0 Å². The molecule has 0 heterocycles. The third-order valence-electron chi connectivity index (χ3n) is 2.44. The lowest BCUT2D eigenvalue weighted by Crippen LogP contribution is -2.12. The number of para-hydroxylation sites is 1. The zero-order valence-electron chi connectivity index (χ0n) is 10.5. The Hall–Kier alpha value is -1.56. The molecule has 2 N–H and O–H groups in total. The maximum atomic E-state index is 11.7. The van der Waals surface area contributed by atoms with E-state index < -0.39 is 15.8 Å². The highest BCUT2D eigenvalue weighted by Crippen LogP contribution is 2.17. The first-order valence-electron chi connectivity index (χ1n) is 5.51. The van der Waals surface area contributed by atoms with Crippen molar-refractivity contribution in [2.75, 3.05) is 24.3 Å². The van der Waals surface area contributed by atoms with Gasteiger partial charge >= 0.3 is 5.97 Å². The van der Waals surface area contributed by atoms with Crippen LogP contribution in [0, 0.1) is 6.92 Å². The Morgan fingerprint density at radius 3 is 2.67 bits per heavy atom. The maximum Gasteiger partial charge on any atom is 0.340 e. The van der Waals surface area contributed by atoms with E-state index in [-0.39, 0.29) is 18.8 Å². The van der Waals surface area contributed by atoms with Crippen molar-refractivity contribution in [1.82, 2.24) is 0 Å². The predicted octanol–water partition coefficient (Wildman–Crippen LogP) is 1.17. The number of hydrogen-bond donors (Lipinski definition) is 1. The molecule has 6 heteroatoms. The summed E-state index contributed by atoms with van der Waals surface area (Å²) in [6, 6.07) is 5.11.